The van der Waals surface area contributed by atoms with E-state index in [1.54, 1.807) is 0 Å². The van der Waals surface area contributed by atoms with E-state index in [9.17, 15) is 0 Å². The Morgan fingerprint density at radius 3 is 2.47 bits per heavy atom. The van der Waals surface area contributed by atoms with E-state index in [-0.39, 0.29) is 24.0 Å². The number of rotatable bonds is 10. The van der Waals surface area contributed by atoms with Crippen molar-refractivity contribution >= 4 is 29.9 Å². The van der Waals surface area contributed by atoms with Crippen LogP contribution in [0.3, 0.4) is 0 Å². The molecule has 0 atom stereocenters. The zero-order valence-electron chi connectivity index (χ0n) is 20.0. The van der Waals surface area contributed by atoms with Gasteiger partial charge in [0.05, 0.1) is 12.2 Å². The Kier molecular flexibility index (Phi) is 12.3. The molecule has 0 bridgehead atoms. The zero-order chi connectivity index (χ0) is 21.3. The average molecular weight is 534 g/mol. The highest BCUT2D eigenvalue weighted by molar-refractivity contribution is 14.0. The van der Waals surface area contributed by atoms with Crippen LogP contribution in [0.15, 0.2) is 9.41 Å². The Morgan fingerprint density at radius 1 is 1.20 bits per heavy atom. The number of piperidine rings is 1. The second-order valence-corrected chi connectivity index (χ2v) is 9.40. The number of oxazole rings is 1. The monoisotopic (exact) mass is 533 g/mol. The molecule has 2 rings (SSSR count). The van der Waals surface area contributed by atoms with Crippen molar-refractivity contribution in [1.82, 2.24) is 20.5 Å². The lowest BCUT2D eigenvalue weighted by molar-refractivity contribution is 0.164. The fourth-order valence-corrected chi connectivity index (χ4v) is 3.87. The summed E-state index contributed by atoms with van der Waals surface area (Å²) in [4.78, 5) is 11.4. The average Bonchev–Trinajstić information content (AvgIpc) is 3.00. The Labute approximate surface area is 201 Å². The highest BCUT2D eigenvalue weighted by atomic mass is 127. The summed E-state index contributed by atoms with van der Waals surface area (Å²) in [6.07, 6.45) is 7.57. The molecule has 1 aromatic heterocycles. The molecule has 1 aliphatic heterocycles. The highest BCUT2D eigenvalue weighted by Crippen LogP contribution is 2.23. The molecule has 2 N–H and O–H groups in total. The third kappa shape index (κ3) is 9.54. The number of aliphatic imine (C=N–C) groups is 1. The normalized spacial score (nSPS) is 16.4. The molecular formula is C23H44IN5O. The van der Waals surface area contributed by atoms with Crippen molar-refractivity contribution in [3.05, 3.63) is 17.3 Å². The van der Waals surface area contributed by atoms with E-state index in [0.717, 1.165) is 56.0 Å². The number of likely N-dealkylation sites (tertiary alicyclic amines) is 1. The van der Waals surface area contributed by atoms with E-state index in [1.807, 2.05) is 20.9 Å². The van der Waals surface area contributed by atoms with Crippen LogP contribution in [0.4, 0.5) is 0 Å². The molecule has 7 heteroatoms. The number of aromatic nitrogens is 1. The first-order chi connectivity index (χ1) is 13.8. The predicted octanol–water partition coefficient (Wildman–Crippen LogP) is 4.89. The number of guanidine groups is 1. The van der Waals surface area contributed by atoms with Gasteiger partial charge < -0.3 is 15.1 Å². The molecule has 1 aliphatic rings. The van der Waals surface area contributed by atoms with Crippen molar-refractivity contribution < 1.29 is 4.42 Å². The quantitative estimate of drug-likeness (QED) is 0.194. The maximum absolute atomic E-state index is 5.73. The summed E-state index contributed by atoms with van der Waals surface area (Å²) in [6.45, 7) is 15.9. The lowest BCUT2D eigenvalue weighted by atomic mass is 9.87. The van der Waals surface area contributed by atoms with Gasteiger partial charge in [0, 0.05) is 20.1 Å². The second kappa shape index (κ2) is 13.6. The fraction of sp³-hybridized carbons (Fsp3) is 0.826. The topological polar surface area (TPSA) is 65.7 Å². The molecule has 174 valence electrons. The van der Waals surface area contributed by atoms with E-state index in [1.165, 1.54) is 38.5 Å². The molecule has 30 heavy (non-hydrogen) atoms. The van der Waals surface area contributed by atoms with Gasteiger partial charge in [0.25, 0.3) is 0 Å². The van der Waals surface area contributed by atoms with Crippen molar-refractivity contribution in [3.8, 4) is 0 Å². The van der Waals surface area contributed by atoms with Gasteiger partial charge in [-0.3, -0.25) is 9.89 Å². The zero-order valence-corrected chi connectivity index (χ0v) is 22.3. The number of hydrogen-bond acceptors (Lipinski definition) is 4. The van der Waals surface area contributed by atoms with Crippen LogP contribution in [-0.2, 0) is 6.54 Å². The van der Waals surface area contributed by atoms with Gasteiger partial charge in [-0.25, -0.2) is 4.98 Å². The summed E-state index contributed by atoms with van der Waals surface area (Å²) in [5.41, 5.74) is 1.31. The molecule has 0 aliphatic carbocycles. The number of nitrogens with zero attached hydrogens (tertiary/aromatic N) is 3. The van der Waals surface area contributed by atoms with Crippen LogP contribution in [0.2, 0.25) is 0 Å². The van der Waals surface area contributed by atoms with E-state index in [0.29, 0.717) is 11.3 Å². The van der Waals surface area contributed by atoms with Crippen LogP contribution < -0.4 is 10.6 Å². The maximum Gasteiger partial charge on any atom is 0.208 e. The van der Waals surface area contributed by atoms with Crippen LogP contribution in [0.1, 0.15) is 76.6 Å². The molecule has 6 nitrogen and oxygen atoms in total. The van der Waals surface area contributed by atoms with E-state index in [4.69, 9.17) is 4.42 Å². The Balaban J connectivity index is 0.00000450. The van der Waals surface area contributed by atoms with Gasteiger partial charge in [0.15, 0.2) is 5.96 Å². The first-order valence-corrected chi connectivity index (χ1v) is 11.4. The van der Waals surface area contributed by atoms with Gasteiger partial charge in [0.2, 0.25) is 5.89 Å². The molecule has 0 spiro atoms. The minimum atomic E-state index is 0. The highest BCUT2D eigenvalue weighted by Gasteiger charge is 2.22. The van der Waals surface area contributed by atoms with Gasteiger partial charge in [-0.05, 0) is 57.5 Å². The van der Waals surface area contributed by atoms with Crippen LogP contribution in [0, 0.1) is 25.2 Å². The SMILES string of the molecule is CCCCCC(C)(C)CNC(=NC)NCC1CCN(Cc2nc(C)c(C)o2)CC1.I. The van der Waals surface area contributed by atoms with E-state index >= 15 is 0 Å². The largest absolute Gasteiger partial charge is 0.444 e. The number of nitrogens with one attached hydrogen (secondary N) is 2. The van der Waals surface area contributed by atoms with Crippen molar-refractivity contribution in [3.63, 3.8) is 0 Å². The van der Waals surface area contributed by atoms with Crippen LogP contribution in [-0.4, -0.2) is 49.1 Å². The third-order valence-electron chi connectivity index (χ3n) is 6.11. The summed E-state index contributed by atoms with van der Waals surface area (Å²) in [6, 6.07) is 0. The maximum atomic E-state index is 5.73. The summed E-state index contributed by atoms with van der Waals surface area (Å²) >= 11 is 0. The Hall–Kier alpha value is -0.830. The van der Waals surface area contributed by atoms with Gasteiger partial charge >= 0.3 is 0 Å². The van der Waals surface area contributed by atoms with Crippen molar-refractivity contribution in [2.24, 2.45) is 16.3 Å². The summed E-state index contributed by atoms with van der Waals surface area (Å²) in [5, 5.41) is 7.08. The molecule has 0 unspecified atom stereocenters. The molecule has 0 radical (unpaired) electrons. The number of halogens is 1. The van der Waals surface area contributed by atoms with Gasteiger partial charge in [0.1, 0.15) is 5.76 Å². The number of aryl methyl sites for hydroxylation is 2. The minimum absolute atomic E-state index is 0. The molecular weight excluding hydrogens is 489 g/mol. The summed E-state index contributed by atoms with van der Waals surface area (Å²) in [7, 11) is 1.86. The summed E-state index contributed by atoms with van der Waals surface area (Å²) in [5.74, 6) is 3.41. The fourth-order valence-electron chi connectivity index (χ4n) is 3.87. The number of hydrogen-bond donors (Lipinski definition) is 2. The standard InChI is InChI=1S/C23H43N5O.HI/c1-7-8-9-12-23(4,5)17-26-22(24-6)25-15-20-10-13-28(14-11-20)16-21-27-18(2)19(3)29-21;/h20H,7-17H2,1-6H3,(H2,24,25,26);1H. The first-order valence-electron chi connectivity index (χ1n) is 11.4. The number of unbranched alkanes of at least 4 members (excludes halogenated alkanes) is 2. The van der Waals surface area contributed by atoms with Gasteiger partial charge in [-0.2, -0.15) is 0 Å². The van der Waals surface area contributed by atoms with E-state index < -0.39 is 0 Å². The summed E-state index contributed by atoms with van der Waals surface area (Å²) < 4.78 is 5.73. The molecule has 2 heterocycles. The minimum Gasteiger partial charge on any atom is -0.444 e. The van der Waals surface area contributed by atoms with Gasteiger partial charge in [-0.15, -0.1) is 24.0 Å². The Morgan fingerprint density at radius 2 is 1.90 bits per heavy atom. The first kappa shape index (κ1) is 27.2. The molecule has 0 aromatic carbocycles. The van der Waals surface area contributed by atoms with E-state index in [2.05, 4.69) is 46.3 Å². The van der Waals surface area contributed by atoms with Crippen LogP contribution in [0.5, 0.6) is 0 Å². The van der Waals surface area contributed by atoms with Crippen molar-refractivity contribution in [1.29, 1.82) is 0 Å². The van der Waals surface area contributed by atoms with Gasteiger partial charge in [-0.1, -0.05) is 40.0 Å². The smallest absolute Gasteiger partial charge is 0.208 e. The molecule has 1 saturated heterocycles. The molecule has 0 amide bonds. The van der Waals surface area contributed by atoms with Crippen LogP contribution >= 0.6 is 24.0 Å². The van der Waals surface area contributed by atoms with Crippen molar-refractivity contribution in [2.75, 3.05) is 33.2 Å². The molecule has 1 fully saturated rings. The molecule has 1 aromatic rings. The predicted molar refractivity (Wildman–Crippen MR) is 137 cm³/mol. The Bertz CT molecular complexity index is 616. The van der Waals surface area contributed by atoms with Crippen LogP contribution in [0.25, 0.3) is 0 Å². The molecule has 0 saturated carbocycles. The van der Waals surface area contributed by atoms with Crippen molar-refractivity contribution in [2.45, 2.75) is 79.7 Å². The second-order valence-electron chi connectivity index (χ2n) is 9.40. The lowest BCUT2D eigenvalue weighted by Crippen LogP contribution is -2.45. The third-order valence-corrected chi connectivity index (χ3v) is 6.11. The lowest BCUT2D eigenvalue weighted by Gasteiger charge is -2.31.